The van der Waals surface area contributed by atoms with E-state index in [1.807, 2.05) is 45.5 Å². The lowest BCUT2D eigenvalue weighted by molar-refractivity contribution is 0.0937. The number of nitrogens with one attached hydrogen (secondary N) is 1. The minimum Gasteiger partial charge on any atom is -0.349 e. The number of aryl methyl sites for hydroxylation is 1. The summed E-state index contributed by atoms with van der Waals surface area (Å²) in [5.41, 5.74) is 2.63. The number of hydrogen-bond acceptors (Lipinski definition) is 5. The summed E-state index contributed by atoms with van der Waals surface area (Å²) >= 11 is 1.45. The zero-order chi connectivity index (χ0) is 18.5. The average Bonchev–Trinajstić information content (AvgIpc) is 3.28. The third kappa shape index (κ3) is 4.56. The van der Waals surface area contributed by atoms with Crippen molar-refractivity contribution in [3.63, 3.8) is 0 Å². The van der Waals surface area contributed by atoms with Crippen LogP contribution < -0.4 is 5.32 Å². The molecule has 2 aromatic heterocycles. The van der Waals surface area contributed by atoms with Gasteiger partial charge in [0, 0.05) is 36.8 Å². The molecule has 6 nitrogen and oxygen atoms in total. The van der Waals surface area contributed by atoms with Crippen molar-refractivity contribution in [2.24, 2.45) is 7.05 Å². The molecule has 1 amide bonds. The van der Waals surface area contributed by atoms with Gasteiger partial charge in [-0.25, -0.2) is 4.98 Å². The zero-order valence-electron chi connectivity index (χ0n) is 15.2. The van der Waals surface area contributed by atoms with E-state index >= 15 is 0 Å². The van der Waals surface area contributed by atoms with Crippen molar-refractivity contribution in [3.05, 3.63) is 59.4 Å². The van der Waals surface area contributed by atoms with Crippen LogP contribution in [0.2, 0.25) is 0 Å². The molecule has 1 N–H and O–H groups in total. The summed E-state index contributed by atoms with van der Waals surface area (Å²) in [5.74, 6) is -0.142. The number of aromatic nitrogens is 3. The normalized spacial score (nSPS) is 12.3. The molecular weight excluding hydrogens is 346 g/mol. The number of carbonyl (C=O) groups is 1. The molecule has 0 aliphatic rings. The lowest BCUT2D eigenvalue weighted by Crippen LogP contribution is -2.41. The molecule has 0 aliphatic carbocycles. The number of hydrogen-bond donors (Lipinski definition) is 1. The van der Waals surface area contributed by atoms with Crippen molar-refractivity contribution in [3.8, 4) is 10.6 Å². The topological polar surface area (TPSA) is 63.1 Å². The Labute approximate surface area is 157 Å². The van der Waals surface area contributed by atoms with Gasteiger partial charge in [0.2, 0.25) is 0 Å². The Kier molecular flexibility index (Phi) is 5.80. The summed E-state index contributed by atoms with van der Waals surface area (Å²) in [5, 5.41) is 9.75. The fourth-order valence-corrected chi connectivity index (χ4v) is 3.44. The number of carbonyl (C=O) groups excluding carboxylic acids is 1. The molecule has 2 heterocycles. The summed E-state index contributed by atoms with van der Waals surface area (Å²) in [7, 11) is 5.92. The molecule has 26 heavy (non-hydrogen) atoms. The van der Waals surface area contributed by atoms with Crippen LogP contribution in [0.3, 0.4) is 0 Å². The van der Waals surface area contributed by atoms with Gasteiger partial charge in [-0.3, -0.25) is 9.48 Å². The first kappa shape index (κ1) is 18.3. The summed E-state index contributed by atoms with van der Waals surface area (Å²) in [6.45, 7) is 0.570. The van der Waals surface area contributed by atoms with Crippen molar-refractivity contribution in [2.45, 2.75) is 12.5 Å². The lowest BCUT2D eigenvalue weighted by atomic mass is 10.1. The second-order valence-electron chi connectivity index (χ2n) is 6.46. The van der Waals surface area contributed by atoms with E-state index < -0.39 is 0 Å². The summed E-state index contributed by atoms with van der Waals surface area (Å²) in [6, 6.07) is 10.5. The second-order valence-corrected chi connectivity index (χ2v) is 7.32. The maximum Gasteiger partial charge on any atom is 0.270 e. The number of benzene rings is 1. The van der Waals surface area contributed by atoms with Crippen LogP contribution in [0, 0.1) is 0 Å². The Balaban J connectivity index is 1.61. The largest absolute Gasteiger partial charge is 0.349 e. The molecule has 3 rings (SSSR count). The highest BCUT2D eigenvalue weighted by Gasteiger charge is 2.17. The zero-order valence-corrected chi connectivity index (χ0v) is 16.0. The molecular formula is C19H23N5OS. The van der Waals surface area contributed by atoms with E-state index in [2.05, 4.69) is 32.4 Å². The third-order valence-electron chi connectivity index (χ3n) is 4.23. The van der Waals surface area contributed by atoms with Crippen molar-refractivity contribution in [2.75, 3.05) is 20.6 Å². The predicted molar refractivity (Wildman–Crippen MR) is 104 cm³/mol. The van der Waals surface area contributed by atoms with Gasteiger partial charge in [0.15, 0.2) is 0 Å². The van der Waals surface area contributed by atoms with E-state index in [0.29, 0.717) is 12.2 Å². The smallest absolute Gasteiger partial charge is 0.270 e. The maximum absolute atomic E-state index is 12.5. The Morgan fingerprint density at radius 1 is 1.31 bits per heavy atom. The molecule has 136 valence electrons. The number of rotatable bonds is 7. The number of amides is 1. The van der Waals surface area contributed by atoms with Crippen LogP contribution in [0.25, 0.3) is 10.6 Å². The summed E-state index contributed by atoms with van der Waals surface area (Å²) < 4.78 is 1.72. The van der Waals surface area contributed by atoms with E-state index in [4.69, 9.17) is 0 Å². The van der Waals surface area contributed by atoms with Crippen molar-refractivity contribution in [1.29, 1.82) is 0 Å². The molecule has 0 saturated carbocycles. The highest BCUT2D eigenvalue weighted by Crippen LogP contribution is 2.22. The lowest BCUT2D eigenvalue weighted by Gasteiger charge is -2.24. The van der Waals surface area contributed by atoms with E-state index in [9.17, 15) is 4.79 Å². The minimum atomic E-state index is -0.142. The number of nitrogens with zero attached hydrogens (tertiary/aromatic N) is 4. The second kappa shape index (κ2) is 8.25. The van der Waals surface area contributed by atoms with Crippen LogP contribution in [0.15, 0.2) is 48.1 Å². The fourth-order valence-electron chi connectivity index (χ4n) is 2.67. The van der Waals surface area contributed by atoms with Crippen LogP contribution in [0.1, 0.15) is 16.1 Å². The quantitative estimate of drug-likeness (QED) is 0.695. The molecule has 0 radical (unpaired) electrons. The van der Waals surface area contributed by atoms with Gasteiger partial charge in [-0.15, -0.1) is 11.3 Å². The molecule has 1 atom stereocenters. The number of likely N-dealkylation sites (N-methyl/N-ethyl adjacent to an activating group) is 1. The van der Waals surface area contributed by atoms with Gasteiger partial charge in [0.05, 0.1) is 6.20 Å². The summed E-state index contributed by atoms with van der Waals surface area (Å²) in [6.07, 6.45) is 4.52. The van der Waals surface area contributed by atoms with Crippen molar-refractivity contribution < 1.29 is 4.79 Å². The van der Waals surface area contributed by atoms with E-state index in [1.165, 1.54) is 16.9 Å². The molecule has 0 spiro atoms. The first-order chi connectivity index (χ1) is 12.5. The van der Waals surface area contributed by atoms with E-state index in [0.717, 1.165) is 17.0 Å². The Bertz CT molecular complexity index is 856. The summed E-state index contributed by atoms with van der Waals surface area (Å²) in [4.78, 5) is 19.0. The van der Waals surface area contributed by atoms with Crippen LogP contribution in [-0.4, -0.2) is 52.3 Å². The van der Waals surface area contributed by atoms with E-state index in [1.54, 1.807) is 16.3 Å². The van der Waals surface area contributed by atoms with Gasteiger partial charge < -0.3 is 10.2 Å². The van der Waals surface area contributed by atoms with Gasteiger partial charge in [-0.05, 0) is 26.1 Å². The fraction of sp³-hybridized carbons (Fsp3) is 0.316. The number of thiazole rings is 1. The molecule has 0 bridgehead atoms. The predicted octanol–water partition coefficient (Wildman–Crippen LogP) is 2.45. The molecule has 3 aromatic rings. The van der Waals surface area contributed by atoms with Crippen LogP contribution >= 0.6 is 11.3 Å². The van der Waals surface area contributed by atoms with Gasteiger partial charge in [0.1, 0.15) is 10.7 Å². The molecule has 1 unspecified atom stereocenters. The van der Waals surface area contributed by atoms with E-state index in [-0.39, 0.29) is 11.9 Å². The van der Waals surface area contributed by atoms with Crippen LogP contribution in [-0.2, 0) is 13.5 Å². The van der Waals surface area contributed by atoms with Crippen LogP contribution in [0.4, 0.5) is 0 Å². The molecule has 7 heteroatoms. The highest BCUT2D eigenvalue weighted by atomic mass is 32.1. The maximum atomic E-state index is 12.5. The minimum absolute atomic E-state index is 0.142. The average molecular weight is 369 g/mol. The van der Waals surface area contributed by atoms with Gasteiger partial charge in [-0.1, -0.05) is 30.3 Å². The molecule has 0 fully saturated rings. The first-order valence-electron chi connectivity index (χ1n) is 8.46. The van der Waals surface area contributed by atoms with Crippen LogP contribution in [0.5, 0.6) is 0 Å². The Morgan fingerprint density at radius 2 is 2.08 bits per heavy atom. The first-order valence-corrected chi connectivity index (χ1v) is 9.34. The molecule has 0 aliphatic heterocycles. The van der Waals surface area contributed by atoms with Gasteiger partial charge >= 0.3 is 0 Å². The molecule has 1 aromatic carbocycles. The van der Waals surface area contributed by atoms with Crippen molar-refractivity contribution >= 4 is 17.2 Å². The monoisotopic (exact) mass is 369 g/mol. The highest BCUT2D eigenvalue weighted by molar-refractivity contribution is 7.13. The Hall–Kier alpha value is -2.51. The van der Waals surface area contributed by atoms with Gasteiger partial charge in [0.25, 0.3) is 5.91 Å². The SMILES string of the molecule is CN(C)C(CNC(=O)c1csc(-c2cnn(C)c2)n1)Cc1ccccc1. The van der Waals surface area contributed by atoms with Gasteiger partial charge in [-0.2, -0.15) is 5.10 Å². The molecule has 0 saturated heterocycles. The Morgan fingerprint density at radius 3 is 2.73 bits per heavy atom. The standard InChI is InChI=1S/C19H23N5OS/c1-23(2)16(9-14-7-5-4-6-8-14)11-20-18(25)17-13-26-19(22-17)15-10-21-24(3)12-15/h4-8,10,12-13,16H,9,11H2,1-3H3,(H,20,25). The van der Waals surface area contributed by atoms with Crippen molar-refractivity contribution in [1.82, 2.24) is 25.0 Å². The third-order valence-corrected chi connectivity index (χ3v) is 5.12.